The zero-order valence-electron chi connectivity index (χ0n) is 14.9. The first kappa shape index (κ1) is 17.3. The largest absolute Gasteiger partial charge is 0.297 e. The van der Waals surface area contributed by atoms with Crippen LogP contribution in [0.25, 0.3) is 21.2 Å². The molecule has 0 unspecified atom stereocenters. The van der Waals surface area contributed by atoms with Gasteiger partial charge in [-0.15, -0.1) is 11.3 Å². The lowest BCUT2D eigenvalue weighted by atomic mass is 10.0. The zero-order chi connectivity index (χ0) is 19.1. The van der Waals surface area contributed by atoms with E-state index in [1.807, 2.05) is 54.6 Å². The number of thiazole rings is 1. The molecular weight excluding hydrogens is 388 g/mol. The predicted octanol–water partition coefficient (Wildman–Crippen LogP) is 5.80. The van der Waals surface area contributed by atoms with Gasteiger partial charge in [0.1, 0.15) is 4.88 Å². The normalized spacial score (nSPS) is 13.5. The minimum atomic E-state index is -0.182. The van der Waals surface area contributed by atoms with Gasteiger partial charge in [0.15, 0.2) is 10.9 Å². The molecule has 0 aliphatic heterocycles. The number of ketones is 1. The van der Waals surface area contributed by atoms with Crippen molar-refractivity contribution < 1.29 is 9.59 Å². The number of Topliss-reactive ketones (excluding diaryl/α,β-unsaturated/α-hetero) is 1. The second-order valence-electron chi connectivity index (χ2n) is 6.69. The van der Waals surface area contributed by atoms with E-state index < -0.39 is 0 Å². The molecule has 5 rings (SSSR count). The van der Waals surface area contributed by atoms with Gasteiger partial charge in [0.05, 0.1) is 10.6 Å². The molecule has 4 aromatic rings. The number of anilines is 1. The predicted molar refractivity (Wildman–Crippen MR) is 115 cm³/mol. The minimum absolute atomic E-state index is 0.131. The van der Waals surface area contributed by atoms with Crippen molar-refractivity contribution in [2.45, 2.75) is 19.3 Å². The second-order valence-corrected chi connectivity index (χ2v) is 8.75. The van der Waals surface area contributed by atoms with Crippen LogP contribution in [-0.4, -0.2) is 16.7 Å². The number of hydrogen-bond donors (Lipinski definition) is 1. The van der Waals surface area contributed by atoms with Crippen LogP contribution in [0.2, 0.25) is 0 Å². The third kappa shape index (κ3) is 2.95. The quantitative estimate of drug-likeness (QED) is 0.470. The Balaban J connectivity index is 1.56. The average Bonchev–Trinajstić information content (AvgIpc) is 3.30. The zero-order valence-corrected chi connectivity index (χ0v) is 16.5. The lowest BCUT2D eigenvalue weighted by molar-refractivity contribution is 0.0975. The van der Waals surface area contributed by atoms with Crippen molar-refractivity contribution in [1.82, 2.24) is 4.98 Å². The van der Waals surface area contributed by atoms with Gasteiger partial charge in [-0.1, -0.05) is 59.9 Å². The summed E-state index contributed by atoms with van der Waals surface area (Å²) in [5.74, 6) is -0.0512. The van der Waals surface area contributed by atoms with Gasteiger partial charge in [-0.25, -0.2) is 4.98 Å². The molecule has 0 bridgehead atoms. The number of nitrogens with one attached hydrogen (secondary N) is 1. The Morgan fingerprint density at radius 2 is 1.75 bits per heavy atom. The number of nitrogens with zero attached hydrogens (tertiary/aromatic N) is 1. The Labute approximate surface area is 169 Å². The van der Waals surface area contributed by atoms with Crippen molar-refractivity contribution in [3.8, 4) is 11.1 Å². The van der Waals surface area contributed by atoms with Crippen molar-refractivity contribution in [2.75, 3.05) is 5.32 Å². The van der Waals surface area contributed by atoms with Gasteiger partial charge in [-0.05, 0) is 24.5 Å². The van der Waals surface area contributed by atoms with Crippen LogP contribution in [0.1, 0.15) is 37.9 Å². The Hall–Kier alpha value is -2.83. The van der Waals surface area contributed by atoms with E-state index in [1.54, 1.807) is 0 Å². The maximum atomic E-state index is 13.2. The van der Waals surface area contributed by atoms with E-state index in [-0.39, 0.29) is 11.7 Å². The summed E-state index contributed by atoms with van der Waals surface area (Å²) < 4.78 is 1.07. The Kier molecular flexibility index (Phi) is 4.30. The molecule has 1 amide bonds. The summed E-state index contributed by atoms with van der Waals surface area (Å²) in [5, 5.41) is 4.50. The third-order valence-corrected chi connectivity index (χ3v) is 7.08. The SMILES string of the molecule is O=C1CCCc2nc(NC(=O)c3sc4ccccc4c3-c3ccccc3)sc21. The molecular formula is C22H16N2O2S2. The van der Waals surface area contributed by atoms with Gasteiger partial charge in [0.2, 0.25) is 0 Å². The summed E-state index contributed by atoms with van der Waals surface area (Å²) >= 11 is 2.77. The van der Waals surface area contributed by atoms with Crippen LogP contribution in [0.3, 0.4) is 0 Å². The lowest BCUT2D eigenvalue weighted by Crippen LogP contribution is -2.11. The van der Waals surface area contributed by atoms with Crippen LogP contribution in [0.15, 0.2) is 54.6 Å². The van der Waals surface area contributed by atoms with Crippen molar-refractivity contribution in [2.24, 2.45) is 0 Å². The molecule has 2 heterocycles. The average molecular weight is 405 g/mol. The van der Waals surface area contributed by atoms with Crippen LogP contribution in [-0.2, 0) is 6.42 Å². The van der Waals surface area contributed by atoms with Gasteiger partial charge >= 0.3 is 0 Å². The monoisotopic (exact) mass is 404 g/mol. The molecule has 2 aromatic carbocycles. The molecule has 1 N–H and O–H groups in total. The Morgan fingerprint density at radius 1 is 0.964 bits per heavy atom. The fraction of sp³-hybridized carbons (Fsp3) is 0.136. The highest BCUT2D eigenvalue weighted by Crippen LogP contribution is 2.39. The van der Waals surface area contributed by atoms with Crippen LogP contribution in [0.5, 0.6) is 0 Å². The molecule has 4 nitrogen and oxygen atoms in total. The Bertz CT molecular complexity index is 1210. The number of amides is 1. The van der Waals surface area contributed by atoms with E-state index in [0.29, 0.717) is 21.3 Å². The molecule has 28 heavy (non-hydrogen) atoms. The Morgan fingerprint density at radius 3 is 2.57 bits per heavy atom. The molecule has 1 aliphatic carbocycles. The van der Waals surface area contributed by atoms with Gasteiger partial charge in [0, 0.05) is 22.1 Å². The fourth-order valence-corrected chi connectivity index (χ4v) is 5.67. The molecule has 2 aromatic heterocycles. The molecule has 0 saturated heterocycles. The summed E-state index contributed by atoms with van der Waals surface area (Å²) in [6.07, 6.45) is 2.19. The number of thiophene rings is 1. The molecule has 0 radical (unpaired) electrons. The molecule has 0 fully saturated rings. The van der Waals surface area contributed by atoms with Gasteiger partial charge in [0.25, 0.3) is 5.91 Å². The number of carbonyl (C=O) groups excluding carboxylic acids is 2. The number of carbonyl (C=O) groups is 2. The number of rotatable bonds is 3. The first-order chi connectivity index (χ1) is 13.7. The number of fused-ring (bicyclic) bond motifs is 2. The lowest BCUT2D eigenvalue weighted by Gasteiger charge is -2.05. The van der Waals surface area contributed by atoms with Crippen LogP contribution >= 0.6 is 22.7 Å². The molecule has 138 valence electrons. The van der Waals surface area contributed by atoms with Crippen molar-refractivity contribution in [3.63, 3.8) is 0 Å². The van der Waals surface area contributed by atoms with Gasteiger partial charge < -0.3 is 0 Å². The molecule has 0 saturated carbocycles. The number of aromatic nitrogens is 1. The molecule has 1 aliphatic rings. The number of benzene rings is 2. The summed E-state index contributed by atoms with van der Waals surface area (Å²) in [6.45, 7) is 0. The first-order valence-electron chi connectivity index (χ1n) is 9.12. The van der Waals surface area contributed by atoms with Gasteiger partial charge in [-0.2, -0.15) is 0 Å². The highest BCUT2D eigenvalue weighted by Gasteiger charge is 2.25. The molecule has 6 heteroatoms. The summed E-state index contributed by atoms with van der Waals surface area (Å²) in [6, 6.07) is 18.0. The van der Waals surface area contributed by atoms with Crippen molar-refractivity contribution >= 4 is 49.6 Å². The van der Waals surface area contributed by atoms with Crippen LogP contribution < -0.4 is 5.32 Å². The van der Waals surface area contributed by atoms with Gasteiger partial charge in [-0.3, -0.25) is 14.9 Å². The van der Waals surface area contributed by atoms with E-state index >= 15 is 0 Å². The van der Waals surface area contributed by atoms with E-state index in [2.05, 4.69) is 10.3 Å². The summed E-state index contributed by atoms with van der Waals surface area (Å²) in [7, 11) is 0. The first-order valence-corrected chi connectivity index (χ1v) is 10.8. The highest BCUT2D eigenvalue weighted by atomic mass is 32.1. The van der Waals surface area contributed by atoms with E-state index in [9.17, 15) is 9.59 Å². The topological polar surface area (TPSA) is 59.1 Å². The van der Waals surface area contributed by atoms with E-state index in [1.165, 1.54) is 22.7 Å². The number of hydrogen-bond acceptors (Lipinski definition) is 5. The minimum Gasteiger partial charge on any atom is -0.297 e. The number of aryl methyl sites for hydroxylation is 1. The third-order valence-electron chi connectivity index (χ3n) is 4.85. The summed E-state index contributed by atoms with van der Waals surface area (Å²) in [4.78, 5) is 31.1. The highest BCUT2D eigenvalue weighted by molar-refractivity contribution is 7.22. The van der Waals surface area contributed by atoms with Crippen LogP contribution in [0, 0.1) is 0 Å². The van der Waals surface area contributed by atoms with Crippen LogP contribution in [0.4, 0.5) is 5.13 Å². The fourth-order valence-electron chi connectivity index (χ4n) is 3.57. The maximum absolute atomic E-state index is 13.2. The second kappa shape index (κ2) is 6.96. The maximum Gasteiger partial charge on any atom is 0.268 e. The molecule has 0 atom stereocenters. The van der Waals surface area contributed by atoms with Crippen molar-refractivity contribution in [3.05, 3.63) is 70.0 Å². The van der Waals surface area contributed by atoms with E-state index in [0.717, 1.165) is 39.7 Å². The van der Waals surface area contributed by atoms with E-state index in [4.69, 9.17) is 0 Å². The smallest absolute Gasteiger partial charge is 0.268 e. The van der Waals surface area contributed by atoms with Crippen molar-refractivity contribution in [1.29, 1.82) is 0 Å². The summed E-state index contributed by atoms with van der Waals surface area (Å²) in [5.41, 5.74) is 2.77. The molecule has 0 spiro atoms. The standard InChI is InChI=1S/C22H16N2O2S2/c25-16-11-6-10-15-19(16)28-22(23-15)24-21(26)20-18(13-7-2-1-3-8-13)14-9-4-5-12-17(14)27-20/h1-5,7-9,12H,6,10-11H2,(H,23,24,26).